The summed E-state index contributed by atoms with van der Waals surface area (Å²) in [6.45, 7) is 0.264. The van der Waals surface area contributed by atoms with Gasteiger partial charge in [0.1, 0.15) is 0 Å². The number of aliphatic hydroxyl groups excluding tert-OH is 1. The molecule has 116 valence electrons. The van der Waals surface area contributed by atoms with Crippen molar-refractivity contribution in [1.29, 1.82) is 0 Å². The van der Waals surface area contributed by atoms with Gasteiger partial charge in [-0.05, 0) is 64.8 Å². The van der Waals surface area contributed by atoms with E-state index in [1.807, 2.05) is 16.8 Å². The summed E-state index contributed by atoms with van der Waals surface area (Å²) in [5.41, 5.74) is 4.75. The van der Waals surface area contributed by atoms with E-state index in [0.717, 1.165) is 24.0 Å². The van der Waals surface area contributed by atoms with Gasteiger partial charge in [-0.15, -0.1) is 0 Å². The molecule has 0 spiro atoms. The standard InChI is InChI=1S/C18H21NO2S/c20-17(16-7-8-22-12-16)11-19-18(21)10-13-5-6-14-3-1-2-4-15(14)9-13/h5-9,12,17,20H,1-4,10-11H2,(H,19,21). The van der Waals surface area contributed by atoms with E-state index in [1.54, 1.807) is 11.3 Å². The van der Waals surface area contributed by atoms with E-state index in [4.69, 9.17) is 0 Å². The lowest BCUT2D eigenvalue weighted by atomic mass is 9.90. The molecule has 2 aromatic rings. The van der Waals surface area contributed by atoms with E-state index in [0.29, 0.717) is 6.42 Å². The van der Waals surface area contributed by atoms with Crippen LogP contribution >= 0.6 is 11.3 Å². The predicted octanol–water partition coefficient (Wildman–Crippen LogP) is 3.02. The average Bonchev–Trinajstić information content (AvgIpc) is 3.07. The molecule has 4 heteroatoms. The summed E-state index contributed by atoms with van der Waals surface area (Å²) in [6.07, 6.45) is 4.56. The molecule has 3 nitrogen and oxygen atoms in total. The van der Waals surface area contributed by atoms with Crippen LogP contribution in [0, 0.1) is 0 Å². The quantitative estimate of drug-likeness (QED) is 0.891. The number of amides is 1. The smallest absolute Gasteiger partial charge is 0.224 e. The Kier molecular flexibility index (Phi) is 4.90. The second-order valence-corrected chi connectivity index (χ2v) is 6.64. The minimum Gasteiger partial charge on any atom is -0.387 e. The lowest BCUT2D eigenvalue weighted by Crippen LogP contribution is -2.29. The molecule has 1 unspecified atom stereocenters. The summed E-state index contributed by atoms with van der Waals surface area (Å²) in [6, 6.07) is 8.27. The fraction of sp³-hybridized carbons (Fsp3) is 0.389. The summed E-state index contributed by atoms with van der Waals surface area (Å²) >= 11 is 1.55. The van der Waals surface area contributed by atoms with Gasteiger partial charge in [0.2, 0.25) is 5.91 Å². The number of aryl methyl sites for hydroxylation is 2. The van der Waals surface area contributed by atoms with Gasteiger partial charge in [-0.2, -0.15) is 11.3 Å². The molecular formula is C18H21NO2S. The number of fused-ring (bicyclic) bond motifs is 1. The minimum atomic E-state index is -0.626. The van der Waals surface area contributed by atoms with Crippen molar-refractivity contribution in [2.24, 2.45) is 0 Å². The van der Waals surface area contributed by atoms with Crippen molar-refractivity contribution in [3.05, 3.63) is 57.3 Å². The van der Waals surface area contributed by atoms with Crippen molar-refractivity contribution in [3.8, 4) is 0 Å². The Labute approximate surface area is 135 Å². The highest BCUT2D eigenvalue weighted by molar-refractivity contribution is 7.07. The molecule has 0 radical (unpaired) electrons. The molecule has 1 heterocycles. The summed E-state index contributed by atoms with van der Waals surface area (Å²) in [4.78, 5) is 12.0. The van der Waals surface area contributed by atoms with E-state index >= 15 is 0 Å². The van der Waals surface area contributed by atoms with Crippen LogP contribution in [0.4, 0.5) is 0 Å². The van der Waals surface area contributed by atoms with Gasteiger partial charge in [0.25, 0.3) is 0 Å². The van der Waals surface area contributed by atoms with Crippen LogP contribution in [0.5, 0.6) is 0 Å². The molecule has 1 aliphatic carbocycles. The summed E-state index contributed by atoms with van der Waals surface area (Å²) in [5, 5.41) is 16.6. The Morgan fingerprint density at radius 1 is 1.23 bits per heavy atom. The van der Waals surface area contributed by atoms with Gasteiger partial charge in [-0.3, -0.25) is 4.79 Å². The van der Waals surface area contributed by atoms with Gasteiger partial charge in [0, 0.05) is 6.54 Å². The maximum absolute atomic E-state index is 12.0. The van der Waals surface area contributed by atoms with Gasteiger partial charge in [-0.1, -0.05) is 18.2 Å². The number of rotatable bonds is 5. The molecular weight excluding hydrogens is 294 g/mol. The van der Waals surface area contributed by atoms with Crippen molar-refractivity contribution < 1.29 is 9.90 Å². The van der Waals surface area contributed by atoms with Crippen LogP contribution in [0.1, 0.15) is 41.2 Å². The number of carbonyl (C=O) groups excluding carboxylic acids is 1. The van der Waals surface area contributed by atoms with Crippen molar-refractivity contribution in [1.82, 2.24) is 5.32 Å². The number of nitrogens with one attached hydrogen (secondary N) is 1. The van der Waals surface area contributed by atoms with Crippen molar-refractivity contribution in [2.75, 3.05) is 6.54 Å². The maximum atomic E-state index is 12.0. The topological polar surface area (TPSA) is 49.3 Å². The Morgan fingerprint density at radius 3 is 2.82 bits per heavy atom. The number of thiophene rings is 1. The first-order chi connectivity index (χ1) is 10.7. The molecule has 0 bridgehead atoms. The third-order valence-corrected chi connectivity index (χ3v) is 4.90. The Hall–Kier alpha value is -1.65. The van der Waals surface area contributed by atoms with Crippen LogP contribution in [0.3, 0.4) is 0 Å². The van der Waals surface area contributed by atoms with Crippen molar-refractivity contribution in [3.63, 3.8) is 0 Å². The Bertz CT molecular complexity index is 637. The normalized spacial score (nSPS) is 15.1. The zero-order chi connectivity index (χ0) is 15.4. The third-order valence-electron chi connectivity index (χ3n) is 4.20. The van der Waals surface area contributed by atoms with Crippen LogP contribution in [-0.4, -0.2) is 17.6 Å². The monoisotopic (exact) mass is 315 g/mol. The molecule has 22 heavy (non-hydrogen) atoms. The highest BCUT2D eigenvalue weighted by atomic mass is 32.1. The maximum Gasteiger partial charge on any atom is 0.224 e. The number of hydrogen-bond donors (Lipinski definition) is 2. The van der Waals surface area contributed by atoms with Crippen LogP contribution in [0.2, 0.25) is 0 Å². The Morgan fingerprint density at radius 2 is 2.05 bits per heavy atom. The zero-order valence-electron chi connectivity index (χ0n) is 12.5. The number of benzene rings is 1. The third kappa shape index (κ3) is 3.76. The highest BCUT2D eigenvalue weighted by Gasteiger charge is 2.13. The first-order valence-corrected chi connectivity index (χ1v) is 8.74. The molecule has 3 rings (SSSR count). The largest absolute Gasteiger partial charge is 0.387 e. The van der Waals surface area contributed by atoms with E-state index < -0.39 is 6.10 Å². The molecule has 1 atom stereocenters. The SMILES string of the molecule is O=C(Cc1ccc2c(c1)CCCC2)NCC(O)c1ccsc1. The first kappa shape index (κ1) is 15.3. The minimum absolute atomic E-state index is 0.0370. The molecule has 1 aromatic carbocycles. The van der Waals surface area contributed by atoms with E-state index in [1.165, 1.54) is 24.0 Å². The van der Waals surface area contributed by atoms with Crippen molar-refractivity contribution in [2.45, 2.75) is 38.2 Å². The molecule has 1 aliphatic rings. The fourth-order valence-electron chi connectivity index (χ4n) is 2.94. The van der Waals surface area contributed by atoms with Gasteiger partial charge >= 0.3 is 0 Å². The van der Waals surface area contributed by atoms with Gasteiger partial charge in [-0.25, -0.2) is 0 Å². The molecule has 0 fully saturated rings. The number of hydrogen-bond acceptors (Lipinski definition) is 3. The van der Waals surface area contributed by atoms with Crippen LogP contribution in [-0.2, 0) is 24.1 Å². The lowest BCUT2D eigenvalue weighted by molar-refractivity contribution is -0.120. The van der Waals surface area contributed by atoms with Crippen LogP contribution < -0.4 is 5.32 Å². The van der Waals surface area contributed by atoms with Gasteiger partial charge < -0.3 is 10.4 Å². The fourth-order valence-corrected chi connectivity index (χ4v) is 3.64. The summed E-state index contributed by atoms with van der Waals surface area (Å²) in [5.74, 6) is -0.0370. The van der Waals surface area contributed by atoms with E-state index in [9.17, 15) is 9.90 Å². The van der Waals surface area contributed by atoms with Crippen molar-refractivity contribution >= 4 is 17.2 Å². The highest BCUT2D eigenvalue weighted by Crippen LogP contribution is 2.22. The van der Waals surface area contributed by atoms with Gasteiger partial charge in [0.05, 0.1) is 12.5 Å². The number of carbonyl (C=O) groups is 1. The summed E-state index contributed by atoms with van der Waals surface area (Å²) < 4.78 is 0. The van der Waals surface area contributed by atoms with Crippen LogP contribution in [0.25, 0.3) is 0 Å². The molecule has 2 N–H and O–H groups in total. The lowest BCUT2D eigenvalue weighted by Gasteiger charge is -2.16. The molecule has 0 aliphatic heterocycles. The molecule has 0 saturated heterocycles. The molecule has 1 aromatic heterocycles. The number of aliphatic hydroxyl groups is 1. The Balaban J connectivity index is 1.53. The molecule has 0 saturated carbocycles. The van der Waals surface area contributed by atoms with Crippen LogP contribution in [0.15, 0.2) is 35.0 Å². The second kappa shape index (κ2) is 7.07. The zero-order valence-corrected chi connectivity index (χ0v) is 13.4. The second-order valence-electron chi connectivity index (χ2n) is 5.86. The van der Waals surface area contributed by atoms with Gasteiger partial charge in [0.15, 0.2) is 0 Å². The molecule has 1 amide bonds. The summed E-state index contributed by atoms with van der Waals surface area (Å²) in [7, 11) is 0. The first-order valence-electron chi connectivity index (χ1n) is 7.80. The predicted molar refractivity (Wildman–Crippen MR) is 89.1 cm³/mol. The average molecular weight is 315 g/mol. The van der Waals surface area contributed by atoms with E-state index in [2.05, 4.69) is 23.5 Å². The van der Waals surface area contributed by atoms with E-state index in [-0.39, 0.29) is 12.5 Å².